The molecular weight excluding hydrogens is 182 g/mol. The van der Waals surface area contributed by atoms with E-state index in [0.29, 0.717) is 5.56 Å². The normalized spacial score (nSPS) is 9.85. The molecule has 0 N–H and O–H groups in total. The summed E-state index contributed by atoms with van der Waals surface area (Å²) >= 11 is 1.50. The fourth-order valence-corrected chi connectivity index (χ4v) is 2.17. The molecule has 0 unspecified atom stereocenters. The predicted octanol–water partition coefficient (Wildman–Crippen LogP) is 2.78. The largest absolute Gasteiger partial charge is 0.487 e. The average Bonchev–Trinajstić information content (AvgIpc) is 2.59. The lowest BCUT2D eigenvalue weighted by atomic mass is 10.2. The van der Waals surface area contributed by atoms with Gasteiger partial charge in [-0.2, -0.15) is 5.26 Å². The first-order valence-electron chi connectivity index (χ1n) is 3.82. The number of rotatable bonds is 1. The fourth-order valence-electron chi connectivity index (χ4n) is 1.23. The van der Waals surface area contributed by atoms with Gasteiger partial charge in [-0.25, -0.2) is 0 Å². The second-order valence-corrected chi connectivity index (χ2v) is 3.62. The van der Waals surface area contributed by atoms with Crippen molar-refractivity contribution in [2.24, 2.45) is 0 Å². The number of hydrogen-bond acceptors (Lipinski definition) is 3. The van der Waals surface area contributed by atoms with Crippen LogP contribution in [0.5, 0.6) is 5.06 Å². The Morgan fingerprint density at radius 1 is 1.46 bits per heavy atom. The van der Waals surface area contributed by atoms with Crippen molar-refractivity contribution < 1.29 is 4.74 Å². The zero-order chi connectivity index (χ0) is 9.26. The second kappa shape index (κ2) is 3.08. The summed E-state index contributed by atoms with van der Waals surface area (Å²) in [5, 5.41) is 10.7. The average molecular weight is 189 g/mol. The number of fused-ring (bicyclic) bond motifs is 1. The molecule has 0 spiro atoms. The van der Waals surface area contributed by atoms with Crippen LogP contribution in [0.15, 0.2) is 24.3 Å². The van der Waals surface area contributed by atoms with E-state index in [1.165, 1.54) is 11.3 Å². The van der Waals surface area contributed by atoms with Crippen LogP contribution in [0.2, 0.25) is 0 Å². The molecule has 13 heavy (non-hydrogen) atoms. The zero-order valence-electron chi connectivity index (χ0n) is 7.07. The molecule has 0 aliphatic carbocycles. The summed E-state index contributed by atoms with van der Waals surface area (Å²) in [6, 6.07) is 9.79. The Balaban J connectivity index is 2.76. The molecule has 0 saturated carbocycles. The minimum absolute atomic E-state index is 0.714. The maximum atomic E-state index is 8.83. The van der Waals surface area contributed by atoms with Gasteiger partial charge in [-0.1, -0.05) is 23.5 Å². The third kappa shape index (κ3) is 1.25. The Morgan fingerprint density at radius 3 is 3.00 bits per heavy atom. The number of methoxy groups -OCH3 is 1. The number of nitriles is 1. The quantitative estimate of drug-likeness (QED) is 0.691. The number of benzene rings is 1. The van der Waals surface area contributed by atoms with E-state index in [1.54, 1.807) is 7.11 Å². The highest BCUT2D eigenvalue weighted by Crippen LogP contribution is 2.33. The number of thiophene rings is 1. The Bertz CT molecular complexity index is 481. The van der Waals surface area contributed by atoms with Crippen molar-refractivity contribution >= 4 is 21.4 Å². The van der Waals surface area contributed by atoms with Gasteiger partial charge in [0.15, 0.2) is 5.06 Å². The van der Waals surface area contributed by atoms with E-state index < -0.39 is 0 Å². The van der Waals surface area contributed by atoms with E-state index in [4.69, 9.17) is 10.00 Å². The molecule has 2 aromatic rings. The first kappa shape index (κ1) is 8.09. The summed E-state index contributed by atoms with van der Waals surface area (Å²) in [5.41, 5.74) is 0.714. The van der Waals surface area contributed by atoms with Crippen LogP contribution in [-0.4, -0.2) is 7.11 Å². The van der Waals surface area contributed by atoms with Gasteiger partial charge in [0.2, 0.25) is 0 Å². The van der Waals surface area contributed by atoms with Crippen molar-refractivity contribution in [3.05, 3.63) is 29.8 Å². The third-order valence-electron chi connectivity index (χ3n) is 1.84. The van der Waals surface area contributed by atoms with Crippen LogP contribution in [0.4, 0.5) is 0 Å². The van der Waals surface area contributed by atoms with Crippen molar-refractivity contribution in [1.82, 2.24) is 0 Å². The highest BCUT2D eigenvalue weighted by Gasteiger charge is 2.04. The van der Waals surface area contributed by atoms with Crippen molar-refractivity contribution in [1.29, 1.82) is 5.26 Å². The summed E-state index contributed by atoms with van der Waals surface area (Å²) in [6.07, 6.45) is 0. The molecular formula is C10H7NOS. The number of nitrogens with zero attached hydrogens (tertiary/aromatic N) is 1. The van der Waals surface area contributed by atoms with Crippen molar-refractivity contribution in [2.45, 2.75) is 0 Å². The minimum Gasteiger partial charge on any atom is -0.487 e. The lowest BCUT2D eigenvalue weighted by Crippen LogP contribution is -1.73. The van der Waals surface area contributed by atoms with Gasteiger partial charge in [-0.3, -0.25) is 0 Å². The standard InChI is InChI=1S/C10H7NOS/c1-12-9-5-7-3-2-4-8(6-11)10(7)13-9/h2-5H,1H3. The maximum absolute atomic E-state index is 8.83. The molecule has 0 aliphatic heterocycles. The van der Waals surface area contributed by atoms with Gasteiger partial charge in [-0.15, -0.1) is 0 Å². The Kier molecular flexibility index (Phi) is 1.91. The SMILES string of the molecule is COc1cc2cccc(C#N)c2s1. The lowest BCUT2D eigenvalue weighted by molar-refractivity contribution is 0.427. The molecule has 2 rings (SSSR count). The van der Waals surface area contributed by atoms with Crippen LogP contribution in [0, 0.1) is 11.3 Å². The summed E-state index contributed by atoms with van der Waals surface area (Å²) in [5.74, 6) is 0. The lowest BCUT2D eigenvalue weighted by Gasteiger charge is -1.89. The Labute approximate surface area is 80.0 Å². The molecule has 0 aliphatic rings. The topological polar surface area (TPSA) is 33.0 Å². The Morgan fingerprint density at radius 2 is 2.31 bits per heavy atom. The first-order chi connectivity index (χ1) is 6.35. The fraction of sp³-hybridized carbons (Fsp3) is 0.100. The highest BCUT2D eigenvalue weighted by atomic mass is 32.1. The van der Waals surface area contributed by atoms with Crippen LogP contribution in [0.3, 0.4) is 0 Å². The van der Waals surface area contributed by atoms with E-state index in [-0.39, 0.29) is 0 Å². The van der Waals surface area contributed by atoms with Crippen LogP contribution in [0.1, 0.15) is 5.56 Å². The number of hydrogen-bond donors (Lipinski definition) is 0. The molecule has 0 fully saturated rings. The molecule has 0 atom stereocenters. The molecule has 0 bridgehead atoms. The summed E-state index contributed by atoms with van der Waals surface area (Å²) in [6.45, 7) is 0. The van der Waals surface area contributed by atoms with Gasteiger partial charge in [0, 0.05) is 0 Å². The maximum Gasteiger partial charge on any atom is 0.174 e. The molecule has 0 radical (unpaired) electrons. The molecule has 64 valence electrons. The van der Waals surface area contributed by atoms with E-state index >= 15 is 0 Å². The van der Waals surface area contributed by atoms with Gasteiger partial charge in [-0.05, 0) is 17.5 Å². The van der Waals surface area contributed by atoms with Crippen molar-refractivity contribution in [2.75, 3.05) is 7.11 Å². The van der Waals surface area contributed by atoms with Gasteiger partial charge in [0.1, 0.15) is 6.07 Å². The molecule has 0 saturated heterocycles. The van der Waals surface area contributed by atoms with Gasteiger partial charge in [0.05, 0.1) is 17.4 Å². The van der Waals surface area contributed by atoms with Crippen molar-refractivity contribution in [3.63, 3.8) is 0 Å². The molecule has 3 heteroatoms. The molecule has 1 aromatic heterocycles. The van der Waals surface area contributed by atoms with E-state index in [1.807, 2.05) is 24.3 Å². The van der Waals surface area contributed by atoms with E-state index in [9.17, 15) is 0 Å². The van der Waals surface area contributed by atoms with E-state index in [2.05, 4.69) is 6.07 Å². The second-order valence-electron chi connectivity index (χ2n) is 2.61. The van der Waals surface area contributed by atoms with Gasteiger partial charge >= 0.3 is 0 Å². The summed E-state index contributed by atoms with van der Waals surface area (Å²) < 4.78 is 6.11. The summed E-state index contributed by atoms with van der Waals surface area (Å²) in [4.78, 5) is 0. The van der Waals surface area contributed by atoms with Crippen LogP contribution in [-0.2, 0) is 0 Å². The zero-order valence-corrected chi connectivity index (χ0v) is 7.89. The molecule has 1 aromatic carbocycles. The van der Waals surface area contributed by atoms with Crippen LogP contribution >= 0.6 is 11.3 Å². The summed E-state index contributed by atoms with van der Waals surface area (Å²) in [7, 11) is 1.64. The molecule has 1 heterocycles. The number of ether oxygens (including phenoxy) is 1. The monoisotopic (exact) mass is 189 g/mol. The minimum atomic E-state index is 0.714. The molecule has 2 nitrogen and oxygen atoms in total. The van der Waals surface area contributed by atoms with E-state index in [0.717, 1.165) is 15.1 Å². The van der Waals surface area contributed by atoms with Crippen LogP contribution < -0.4 is 4.74 Å². The Hall–Kier alpha value is -1.53. The van der Waals surface area contributed by atoms with Gasteiger partial charge < -0.3 is 4.74 Å². The third-order valence-corrected chi connectivity index (χ3v) is 2.99. The van der Waals surface area contributed by atoms with Crippen LogP contribution in [0.25, 0.3) is 10.1 Å². The first-order valence-corrected chi connectivity index (χ1v) is 4.63. The van der Waals surface area contributed by atoms with Gasteiger partial charge in [0.25, 0.3) is 0 Å². The predicted molar refractivity (Wildman–Crippen MR) is 53.1 cm³/mol. The molecule has 0 amide bonds. The highest BCUT2D eigenvalue weighted by molar-refractivity contribution is 7.21. The van der Waals surface area contributed by atoms with Crippen molar-refractivity contribution in [3.8, 4) is 11.1 Å². The smallest absolute Gasteiger partial charge is 0.174 e.